The summed E-state index contributed by atoms with van der Waals surface area (Å²) in [6.45, 7) is 1.84. The first-order chi connectivity index (χ1) is 7.04. The molecule has 86 valence electrons. The number of fused-ring (bicyclic) bond motifs is 2. The molecule has 4 N–H and O–H groups in total. The topological polar surface area (TPSA) is 83.5 Å². The number of rotatable bonds is 2. The van der Waals surface area contributed by atoms with Crippen molar-refractivity contribution in [1.82, 2.24) is 0 Å². The first-order valence-corrected chi connectivity index (χ1v) is 5.33. The number of hydrogen-bond donors (Lipinski definition) is 3. The molecule has 1 fully saturated rings. The Morgan fingerprint density at radius 1 is 1.73 bits per heavy atom. The van der Waals surface area contributed by atoms with E-state index in [1.807, 2.05) is 0 Å². The molecule has 4 nitrogen and oxygen atoms in total. The Morgan fingerprint density at radius 3 is 2.53 bits per heavy atom. The smallest absolute Gasteiger partial charge is 0.322 e. The predicted molar refractivity (Wildman–Crippen MR) is 57.3 cm³/mol. The monoisotopic (exact) mass is 213 g/mol. The second-order valence-electron chi connectivity index (χ2n) is 4.31. The van der Waals surface area contributed by atoms with Gasteiger partial charge in [-0.1, -0.05) is 18.6 Å². The molecule has 15 heavy (non-hydrogen) atoms. The molecule has 0 aromatic heterocycles. The molecule has 1 saturated carbocycles. The summed E-state index contributed by atoms with van der Waals surface area (Å²) >= 11 is 0. The molecule has 0 aliphatic heterocycles. The van der Waals surface area contributed by atoms with Crippen LogP contribution in [0.15, 0.2) is 11.6 Å². The van der Waals surface area contributed by atoms with Crippen LogP contribution in [0.2, 0.25) is 0 Å². The molecule has 0 radical (unpaired) electrons. The second-order valence-corrected chi connectivity index (χ2v) is 4.31. The molecule has 3 atom stereocenters. The Morgan fingerprint density at radius 2 is 2.40 bits per heavy atom. The van der Waals surface area contributed by atoms with E-state index < -0.39 is 18.6 Å². The lowest BCUT2D eigenvalue weighted by atomic mass is 9.95. The molecule has 4 heteroatoms. The van der Waals surface area contributed by atoms with Crippen LogP contribution in [-0.4, -0.2) is 28.8 Å². The summed E-state index contributed by atoms with van der Waals surface area (Å²) in [4.78, 5) is 9.65. The minimum absolute atomic E-state index is 0.505. The Bertz CT molecular complexity index is 263. The lowest BCUT2D eigenvalue weighted by Crippen LogP contribution is -2.33. The minimum atomic E-state index is -1.18. The van der Waals surface area contributed by atoms with Crippen molar-refractivity contribution in [1.29, 1.82) is 0 Å². The van der Waals surface area contributed by atoms with Crippen LogP contribution in [0, 0.1) is 11.8 Å². The van der Waals surface area contributed by atoms with Crippen LogP contribution < -0.4 is 5.73 Å². The third-order valence-electron chi connectivity index (χ3n) is 3.12. The molecule has 0 amide bonds. The quantitative estimate of drug-likeness (QED) is 0.591. The molecule has 2 aliphatic carbocycles. The van der Waals surface area contributed by atoms with E-state index in [0.29, 0.717) is 0 Å². The highest BCUT2D eigenvalue weighted by atomic mass is 16.4. The van der Waals surface area contributed by atoms with Crippen molar-refractivity contribution in [3.8, 4) is 0 Å². The maximum atomic E-state index is 9.65. The zero-order valence-corrected chi connectivity index (χ0v) is 9.02. The van der Waals surface area contributed by atoms with Gasteiger partial charge in [-0.2, -0.15) is 0 Å². The number of aliphatic hydroxyl groups excluding tert-OH is 1. The highest BCUT2D eigenvalue weighted by molar-refractivity contribution is 5.73. The lowest BCUT2D eigenvalue weighted by molar-refractivity contribution is -0.139. The fourth-order valence-corrected chi connectivity index (χ4v) is 2.10. The maximum Gasteiger partial charge on any atom is 0.322 e. The summed E-state index contributed by atoms with van der Waals surface area (Å²) in [6, 6.07) is -1.13. The average Bonchev–Trinajstić information content (AvgIpc) is 2.78. The van der Waals surface area contributed by atoms with Crippen LogP contribution in [-0.2, 0) is 4.79 Å². The van der Waals surface area contributed by atoms with Crippen LogP contribution in [0.25, 0.3) is 0 Å². The molecular weight excluding hydrogens is 194 g/mol. The number of carboxylic acid groups (broad SMARTS) is 1. The molecule has 0 aromatic rings. The summed E-state index contributed by atoms with van der Waals surface area (Å²) in [7, 11) is 0. The van der Waals surface area contributed by atoms with E-state index >= 15 is 0 Å². The van der Waals surface area contributed by atoms with Crippen molar-refractivity contribution in [2.45, 2.75) is 32.2 Å². The van der Waals surface area contributed by atoms with Gasteiger partial charge in [0.2, 0.25) is 0 Å². The zero-order valence-electron chi connectivity index (χ0n) is 9.02. The molecule has 0 aromatic carbocycles. The van der Waals surface area contributed by atoms with Crippen molar-refractivity contribution in [3.63, 3.8) is 0 Å². The normalized spacial score (nSPS) is 29.1. The first kappa shape index (κ1) is 12.2. The van der Waals surface area contributed by atoms with Crippen LogP contribution in [0.4, 0.5) is 0 Å². The molecule has 2 aliphatic rings. The standard InChI is InChI=1S/C8H12.C3H7NO3/c1-6-4-7-2-3-8(6)5-7;4-2(1-5)3(6)7/h4,6,8H,2-3,5H2,1H3;2,5H,1,4H2,(H,6,7). The molecule has 0 saturated heterocycles. The number of aliphatic carboxylic acids is 1. The summed E-state index contributed by atoms with van der Waals surface area (Å²) < 4.78 is 0. The van der Waals surface area contributed by atoms with Crippen LogP contribution in [0.1, 0.15) is 26.2 Å². The van der Waals surface area contributed by atoms with Gasteiger partial charge in [-0.15, -0.1) is 0 Å². The highest BCUT2D eigenvalue weighted by Gasteiger charge is 2.29. The van der Waals surface area contributed by atoms with Crippen molar-refractivity contribution >= 4 is 5.97 Å². The summed E-state index contributed by atoms with van der Waals surface area (Å²) in [5, 5.41) is 15.9. The van der Waals surface area contributed by atoms with Gasteiger partial charge < -0.3 is 15.9 Å². The zero-order chi connectivity index (χ0) is 11.4. The molecule has 2 rings (SSSR count). The SMILES string of the molecule is CC1C=C2CCC1C2.NC(CO)C(=O)O. The first-order valence-electron chi connectivity index (χ1n) is 5.33. The Kier molecular flexibility index (Phi) is 4.29. The van der Waals surface area contributed by atoms with E-state index in [4.69, 9.17) is 15.9 Å². The number of carbonyl (C=O) groups is 1. The van der Waals surface area contributed by atoms with Gasteiger partial charge in [-0.25, -0.2) is 0 Å². The van der Waals surface area contributed by atoms with Gasteiger partial charge >= 0.3 is 5.97 Å². The summed E-state index contributed by atoms with van der Waals surface area (Å²) in [6.07, 6.45) is 6.79. The van der Waals surface area contributed by atoms with E-state index in [9.17, 15) is 4.79 Å². The van der Waals surface area contributed by atoms with E-state index in [0.717, 1.165) is 11.8 Å². The van der Waals surface area contributed by atoms with Gasteiger partial charge in [0.1, 0.15) is 6.04 Å². The third kappa shape index (κ3) is 3.32. The second kappa shape index (κ2) is 5.28. The van der Waals surface area contributed by atoms with E-state index in [2.05, 4.69) is 13.0 Å². The van der Waals surface area contributed by atoms with Gasteiger partial charge in [0, 0.05) is 0 Å². The maximum absolute atomic E-state index is 9.65. The van der Waals surface area contributed by atoms with Crippen molar-refractivity contribution in [2.75, 3.05) is 6.61 Å². The summed E-state index contributed by atoms with van der Waals surface area (Å²) in [5.41, 5.74) is 6.50. The predicted octanol–water partition coefficient (Wildman–Crippen LogP) is 0.753. The van der Waals surface area contributed by atoms with Crippen molar-refractivity contribution in [2.24, 2.45) is 17.6 Å². The summed E-state index contributed by atoms with van der Waals surface area (Å²) in [5.74, 6) is 0.784. The lowest BCUT2D eigenvalue weighted by Gasteiger charge is -2.10. The Labute approximate surface area is 89.8 Å². The van der Waals surface area contributed by atoms with Crippen LogP contribution >= 0.6 is 0 Å². The number of allylic oxidation sites excluding steroid dienone is 2. The van der Waals surface area contributed by atoms with Gasteiger partial charge in [0.15, 0.2) is 0 Å². The molecule has 3 unspecified atom stereocenters. The van der Waals surface area contributed by atoms with Gasteiger partial charge in [0.25, 0.3) is 0 Å². The van der Waals surface area contributed by atoms with Crippen molar-refractivity contribution < 1.29 is 15.0 Å². The fraction of sp³-hybridized carbons (Fsp3) is 0.727. The number of aliphatic hydroxyl groups is 1. The third-order valence-corrected chi connectivity index (χ3v) is 3.12. The van der Waals surface area contributed by atoms with Crippen LogP contribution in [0.3, 0.4) is 0 Å². The van der Waals surface area contributed by atoms with Crippen LogP contribution in [0.5, 0.6) is 0 Å². The van der Waals surface area contributed by atoms with Gasteiger partial charge in [0.05, 0.1) is 6.61 Å². The number of carboxylic acids is 1. The van der Waals surface area contributed by atoms with Gasteiger partial charge in [-0.05, 0) is 31.1 Å². The Balaban J connectivity index is 0.000000153. The Hall–Kier alpha value is -0.870. The number of nitrogens with two attached hydrogens (primary N) is 1. The molecule has 0 spiro atoms. The fourth-order valence-electron chi connectivity index (χ4n) is 2.10. The van der Waals surface area contributed by atoms with E-state index in [1.165, 1.54) is 19.3 Å². The number of hydrogen-bond acceptors (Lipinski definition) is 3. The minimum Gasteiger partial charge on any atom is -0.480 e. The largest absolute Gasteiger partial charge is 0.480 e. The van der Waals surface area contributed by atoms with Crippen molar-refractivity contribution in [3.05, 3.63) is 11.6 Å². The van der Waals surface area contributed by atoms with E-state index in [-0.39, 0.29) is 0 Å². The van der Waals surface area contributed by atoms with E-state index in [1.54, 1.807) is 5.57 Å². The molecular formula is C11H19NO3. The highest BCUT2D eigenvalue weighted by Crippen LogP contribution is 2.42. The van der Waals surface area contributed by atoms with Gasteiger partial charge in [-0.3, -0.25) is 4.79 Å². The average molecular weight is 213 g/mol. The molecule has 0 heterocycles. The molecule has 2 bridgehead atoms.